The van der Waals surface area contributed by atoms with Crippen molar-refractivity contribution in [2.45, 2.75) is 25.4 Å². The first kappa shape index (κ1) is 14.3. The maximum absolute atomic E-state index is 13.0. The maximum atomic E-state index is 13.0. The van der Waals surface area contributed by atoms with Crippen molar-refractivity contribution >= 4 is 28.0 Å². The molecule has 2 aromatic carbocycles. The summed E-state index contributed by atoms with van der Waals surface area (Å²) in [6.45, 7) is 0.618. The normalized spacial score (nSPS) is 14.1. The van der Waals surface area contributed by atoms with Crippen molar-refractivity contribution in [3.8, 4) is 5.75 Å². The fourth-order valence-corrected chi connectivity index (χ4v) is 3.58. The van der Waals surface area contributed by atoms with Gasteiger partial charge < -0.3 is 10.0 Å². The molecule has 1 fully saturated rings. The van der Waals surface area contributed by atoms with Gasteiger partial charge in [0.1, 0.15) is 5.75 Å². The summed E-state index contributed by atoms with van der Waals surface area (Å²) < 4.78 is 0. The number of aromatic hydroxyl groups is 1. The molecular weight excluding hydrogens is 306 g/mol. The van der Waals surface area contributed by atoms with Gasteiger partial charge in [-0.15, -0.1) is 11.3 Å². The number of thiophene rings is 1. The zero-order chi connectivity index (χ0) is 15.8. The van der Waals surface area contributed by atoms with Crippen LogP contribution in [0.25, 0.3) is 10.8 Å². The molecule has 0 saturated heterocycles. The van der Waals surface area contributed by atoms with E-state index in [2.05, 4.69) is 0 Å². The van der Waals surface area contributed by atoms with Crippen LogP contribution in [0, 0.1) is 0 Å². The molecule has 0 unspecified atom stereocenters. The maximum Gasteiger partial charge on any atom is 0.258 e. The molecular formula is C19H17NO2S. The summed E-state index contributed by atoms with van der Waals surface area (Å²) in [5, 5.41) is 14.3. The van der Waals surface area contributed by atoms with E-state index >= 15 is 0 Å². The lowest BCUT2D eigenvalue weighted by molar-refractivity contribution is 0.0729. The van der Waals surface area contributed by atoms with Crippen LogP contribution in [0.5, 0.6) is 5.75 Å². The van der Waals surface area contributed by atoms with E-state index in [1.807, 2.05) is 46.7 Å². The molecule has 23 heavy (non-hydrogen) atoms. The Bertz CT molecular complexity index is 853. The lowest BCUT2D eigenvalue weighted by Crippen LogP contribution is -2.32. The number of phenols is 1. The van der Waals surface area contributed by atoms with Crippen LogP contribution in [0.2, 0.25) is 0 Å². The van der Waals surface area contributed by atoms with E-state index in [9.17, 15) is 9.90 Å². The van der Waals surface area contributed by atoms with Crippen molar-refractivity contribution in [2.24, 2.45) is 0 Å². The number of hydrogen-bond acceptors (Lipinski definition) is 3. The van der Waals surface area contributed by atoms with E-state index in [4.69, 9.17) is 0 Å². The van der Waals surface area contributed by atoms with Crippen molar-refractivity contribution < 1.29 is 9.90 Å². The fourth-order valence-electron chi connectivity index (χ4n) is 2.88. The molecule has 116 valence electrons. The Balaban J connectivity index is 1.70. The van der Waals surface area contributed by atoms with Gasteiger partial charge in [-0.1, -0.05) is 30.3 Å². The molecule has 0 aliphatic heterocycles. The summed E-state index contributed by atoms with van der Waals surface area (Å²) in [5.41, 5.74) is 0.396. The van der Waals surface area contributed by atoms with Gasteiger partial charge in [0.15, 0.2) is 0 Å². The second-order valence-electron chi connectivity index (χ2n) is 5.96. The quantitative estimate of drug-likeness (QED) is 0.772. The number of phenolic OH excluding ortho intramolecular Hbond substituents is 1. The number of carbonyl (C=O) groups is 1. The van der Waals surface area contributed by atoms with E-state index < -0.39 is 0 Å². The largest absolute Gasteiger partial charge is 0.507 e. The van der Waals surface area contributed by atoms with E-state index in [0.717, 1.165) is 23.6 Å². The SMILES string of the molecule is O=C(c1cc2ccccc2cc1O)N(Cc1cccs1)C1CC1. The monoisotopic (exact) mass is 323 g/mol. The number of hydrogen-bond donors (Lipinski definition) is 1. The molecule has 1 heterocycles. The van der Waals surface area contributed by atoms with Gasteiger partial charge in [-0.2, -0.15) is 0 Å². The lowest BCUT2D eigenvalue weighted by Gasteiger charge is -2.22. The van der Waals surface area contributed by atoms with Gasteiger partial charge in [0.05, 0.1) is 12.1 Å². The van der Waals surface area contributed by atoms with Gasteiger partial charge in [0.25, 0.3) is 5.91 Å². The smallest absolute Gasteiger partial charge is 0.258 e. The number of rotatable bonds is 4. The molecule has 3 aromatic rings. The predicted octanol–water partition coefficient (Wildman–Crippen LogP) is 4.41. The third-order valence-corrected chi connectivity index (χ3v) is 5.11. The first-order valence-corrected chi connectivity index (χ1v) is 8.65. The molecule has 1 aliphatic carbocycles. The van der Waals surface area contributed by atoms with Gasteiger partial charge in [-0.3, -0.25) is 4.79 Å². The molecule has 1 N–H and O–H groups in total. The minimum atomic E-state index is -0.0795. The van der Waals surface area contributed by atoms with Crippen molar-refractivity contribution in [3.05, 3.63) is 64.4 Å². The molecule has 1 aromatic heterocycles. The Hall–Kier alpha value is -2.33. The third-order valence-electron chi connectivity index (χ3n) is 4.25. The molecule has 0 radical (unpaired) electrons. The van der Waals surface area contributed by atoms with Crippen LogP contribution in [-0.2, 0) is 6.54 Å². The molecule has 1 aliphatic rings. The summed E-state index contributed by atoms with van der Waals surface area (Å²) in [7, 11) is 0. The first-order chi connectivity index (χ1) is 11.2. The summed E-state index contributed by atoms with van der Waals surface area (Å²) in [4.78, 5) is 16.1. The minimum Gasteiger partial charge on any atom is -0.507 e. The Labute approximate surface area is 138 Å². The van der Waals surface area contributed by atoms with Crippen molar-refractivity contribution in [1.82, 2.24) is 4.90 Å². The number of fused-ring (bicyclic) bond motifs is 1. The van der Waals surface area contributed by atoms with E-state index in [1.54, 1.807) is 23.5 Å². The molecule has 0 spiro atoms. The number of benzene rings is 2. The Morgan fingerprint density at radius 1 is 1.13 bits per heavy atom. The topological polar surface area (TPSA) is 40.5 Å². The predicted molar refractivity (Wildman–Crippen MR) is 92.8 cm³/mol. The Morgan fingerprint density at radius 3 is 2.52 bits per heavy atom. The van der Waals surface area contributed by atoms with Gasteiger partial charge in [-0.25, -0.2) is 0 Å². The third kappa shape index (κ3) is 2.82. The first-order valence-electron chi connectivity index (χ1n) is 7.77. The highest BCUT2D eigenvalue weighted by Crippen LogP contribution is 2.33. The van der Waals surface area contributed by atoms with Gasteiger partial charge in [-0.05, 0) is 47.2 Å². The highest BCUT2D eigenvalue weighted by Gasteiger charge is 2.34. The molecule has 4 rings (SSSR count). The summed E-state index contributed by atoms with van der Waals surface area (Å²) in [5.74, 6) is -0.0188. The molecule has 4 heteroatoms. The Kier molecular flexibility index (Phi) is 3.54. The van der Waals surface area contributed by atoms with Crippen LogP contribution in [0.15, 0.2) is 53.9 Å². The molecule has 1 amide bonds. The Morgan fingerprint density at radius 2 is 1.87 bits per heavy atom. The van der Waals surface area contributed by atoms with Crippen molar-refractivity contribution in [1.29, 1.82) is 0 Å². The fraction of sp³-hybridized carbons (Fsp3) is 0.211. The van der Waals surface area contributed by atoms with E-state index in [-0.39, 0.29) is 11.7 Å². The second-order valence-corrected chi connectivity index (χ2v) is 6.99. The lowest BCUT2D eigenvalue weighted by atomic mass is 10.0. The van der Waals surface area contributed by atoms with Gasteiger partial charge >= 0.3 is 0 Å². The van der Waals surface area contributed by atoms with Crippen molar-refractivity contribution in [3.63, 3.8) is 0 Å². The van der Waals surface area contributed by atoms with Gasteiger partial charge in [0.2, 0.25) is 0 Å². The molecule has 0 bridgehead atoms. The minimum absolute atomic E-state index is 0.0607. The van der Waals surface area contributed by atoms with Crippen LogP contribution in [0.3, 0.4) is 0 Å². The van der Waals surface area contributed by atoms with E-state index in [1.165, 1.54) is 4.88 Å². The van der Waals surface area contributed by atoms with E-state index in [0.29, 0.717) is 18.2 Å². The number of nitrogens with zero attached hydrogens (tertiary/aromatic N) is 1. The highest BCUT2D eigenvalue weighted by atomic mass is 32.1. The molecule has 3 nitrogen and oxygen atoms in total. The summed E-state index contributed by atoms with van der Waals surface area (Å²) in [6, 6.07) is 15.6. The zero-order valence-electron chi connectivity index (χ0n) is 12.6. The standard InChI is InChI=1S/C19H17NO2S/c21-18-11-14-5-2-1-4-13(14)10-17(18)19(22)20(15-7-8-15)12-16-6-3-9-23-16/h1-6,9-11,15,21H,7-8,12H2. The molecule has 1 saturated carbocycles. The van der Waals surface area contributed by atoms with Crippen LogP contribution < -0.4 is 0 Å². The zero-order valence-corrected chi connectivity index (χ0v) is 13.4. The average Bonchev–Trinajstić information content (AvgIpc) is 3.27. The second kappa shape index (κ2) is 5.70. The van der Waals surface area contributed by atoms with Crippen LogP contribution in [0.1, 0.15) is 28.1 Å². The van der Waals surface area contributed by atoms with Crippen LogP contribution in [-0.4, -0.2) is 22.0 Å². The average molecular weight is 323 g/mol. The summed E-state index contributed by atoms with van der Waals surface area (Å²) >= 11 is 1.66. The van der Waals surface area contributed by atoms with Crippen molar-refractivity contribution in [2.75, 3.05) is 0 Å². The van der Waals surface area contributed by atoms with Gasteiger partial charge in [0, 0.05) is 10.9 Å². The van der Waals surface area contributed by atoms with Crippen LogP contribution >= 0.6 is 11.3 Å². The number of amides is 1. The molecule has 0 atom stereocenters. The number of carbonyl (C=O) groups excluding carboxylic acids is 1. The van der Waals surface area contributed by atoms with Crippen LogP contribution in [0.4, 0.5) is 0 Å². The highest BCUT2D eigenvalue weighted by molar-refractivity contribution is 7.09. The summed E-state index contributed by atoms with van der Waals surface area (Å²) in [6.07, 6.45) is 2.09.